The normalized spacial score (nSPS) is 19.8. The molecule has 2 nitrogen and oxygen atoms in total. The summed E-state index contributed by atoms with van der Waals surface area (Å²) in [6.07, 6.45) is 2.79. The van der Waals surface area contributed by atoms with E-state index in [1.54, 1.807) is 0 Å². The first-order valence-corrected chi connectivity index (χ1v) is 5.51. The molecule has 2 N–H and O–H groups in total. The highest BCUT2D eigenvalue weighted by atomic mass is 15.0. The predicted octanol–water partition coefficient (Wildman–Crippen LogP) is 1.76. The molecule has 0 spiro atoms. The maximum Gasteiger partial charge on any atom is 0.00223 e. The van der Waals surface area contributed by atoms with E-state index in [1.165, 1.54) is 25.9 Å². The average Bonchev–Trinajstić information content (AvgIpc) is 2.78. The largest absolute Gasteiger partial charge is 0.314 e. The second-order valence-electron chi connectivity index (χ2n) is 5.07. The van der Waals surface area contributed by atoms with Crippen molar-refractivity contribution in [2.75, 3.05) is 13.1 Å². The zero-order valence-electron chi connectivity index (χ0n) is 9.48. The van der Waals surface area contributed by atoms with Crippen LogP contribution in [-0.4, -0.2) is 25.2 Å². The molecule has 0 heterocycles. The van der Waals surface area contributed by atoms with Gasteiger partial charge in [-0.25, -0.2) is 0 Å². The van der Waals surface area contributed by atoms with Gasteiger partial charge in [0.05, 0.1) is 0 Å². The lowest BCUT2D eigenvalue weighted by Crippen LogP contribution is -2.37. The maximum absolute atomic E-state index is 3.53. The molecular weight excluding hydrogens is 160 g/mol. The van der Waals surface area contributed by atoms with Gasteiger partial charge in [0.15, 0.2) is 0 Å². The first-order valence-electron chi connectivity index (χ1n) is 5.51. The summed E-state index contributed by atoms with van der Waals surface area (Å²) >= 11 is 0. The number of rotatable bonds is 6. The lowest BCUT2D eigenvalue weighted by Gasteiger charge is -2.20. The van der Waals surface area contributed by atoms with E-state index >= 15 is 0 Å². The van der Waals surface area contributed by atoms with E-state index in [4.69, 9.17) is 0 Å². The van der Waals surface area contributed by atoms with Gasteiger partial charge in [-0.3, -0.25) is 0 Å². The molecule has 1 fully saturated rings. The third-order valence-electron chi connectivity index (χ3n) is 2.73. The molecule has 13 heavy (non-hydrogen) atoms. The quantitative estimate of drug-likeness (QED) is 0.657. The van der Waals surface area contributed by atoms with Crippen molar-refractivity contribution in [3.05, 3.63) is 0 Å². The molecule has 0 atom stereocenters. The molecule has 0 aromatic carbocycles. The fraction of sp³-hybridized carbons (Fsp3) is 1.00. The van der Waals surface area contributed by atoms with Crippen LogP contribution in [0, 0.1) is 5.41 Å². The summed E-state index contributed by atoms with van der Waals surface area (Å²) < 4.78 is 0. The molecule has 0 aromatic rings. The van der Waals surface area contributed by atoms with Crippen LogP contribution in [0.1, 0.15) is 40.5 Å². The van der Waals surface area contributed by atoms with Gasteiger partial charge >= 0.3 is 0 Å². The number of hydrogen-bond acceptors (Lipinski definition) is 2. The Kier molecular flexibility index (Phi) is 3.74. The van der Waals surface area contributed by atoms with Crippen LogP contribution in [0.25, 0.3) is 0 Å². The molecule has 78 valence electrons. The van der Waals surface area contributed by atoms with Crippen LogP contribution in [0.2, 0.25) is 0 Å². The molecular formula is C11H24N2. The fourth-order valence-corrected chi connectivity index (χ4v) is 1.43. The minimum absolute atomic E-state index is 0.592. The van der Waals surface area contributed by atoms with E-state index in [2.05, 4.69) is 38.3 Å². The lowest BCUT2D eigenvalue weighted by atomic mass is 10.1. The van der Waals surface area contributed by atoms with E-state index < -0.39 is 0 Å². The van der Waals surface area contributed by atoms with Gasteiger partial charge in [0, 0.05) is 25.2 Å². The molecule has 0 unspecified atom stereocenters. The van der Waals surface area contributed by atoms with Gasteiger partial charge in [-0.15, -0.1) is 0 Å². The highest BCUT2D eigenvalue weighted by Crippen LogP contribution is 2.44. The Morgan fingerprint density at radius 3 is 1.54 bits per heavy atom. The Hall–Kier alpha value is -0.0800. The van der Waals surface area contributed by atoms with Crippen molar-refractivity contribution in [1.82, 2.24) is 10.6 Å². The Morgan fingerprint density at radius 1 is 0.923 bits per heavy atom. The van der Waals surface area contributed by atoms with Crippen LogP contribution in [0.15, 0.2) is 0 Å². The zero-order chi connectivity index (χ0) is 9.90. The molecule has 1 aliphatic carbocycles. The third-order valence-corrected chi connectivity index (χ3v) is 2.73. The van der Waals surface area contributed by atoms with Crippen LogP contribution >= 0.6 is 0 Å². The third kappa shape index (κ3) is 4.10. The minimum atomic E-state index is 0.592. The molecule has 2 heteroatoms. The van der Waals surface area contributed by atoms with Crippen LogP contribution in [0.3, 0.4) is 0 Å². The Morgan fingerprint density at radius 2 is 1.31 bits per heavy atom. The summed E-state index contributed by atoms with van der Waals surface area (Å²) in [5, 5.41) is 7.06. The van der Waals surface area contributed by atoms with Crippen LogP contribution in [0.4, 0.5) is 0 Å². The van der Waals surface area contributed by atoms with E-state index in [1.807, 2.05) is 0 Å². The van der Waals surface area contributed by atoms with Gasteiger partial charge in [0.1, 0.15) is 0 Å². The van der Waals surface area contributed by atoms with Crippen molar-refractivity contribution in [2.24, 2.45) is 5.41 Å². The lowest BCUT2D eigenvalue weighted by molar-refractivity contribution is 0.390. The smallest absolute Gasteiger partial charge is 0.00223 e. The van der Waals surface area contributed by atoms with Crippen LogP contribution in [0.5, 0.6) is 0 Å². The highest BCUT2D eigenvalue weighted by molar-refractivity contribution is 4.97. The SMILES string of the molecule is CC(C)NCC1(CNC(C)C)CC1. The molecule has 1 saturated carbocycles. The summed E-state index contributed by atoms with van der Waals surface area (Å²) in [6, 6.07) is 1.24. The van der Waals surface area contributed by atoms with Gasteiger partial charge in [-0.1, -0.05) is 27.7 Å². The van der Waals surface area contributed by atoms with Gasteiger partial charge in [0.25, 0.3) is 0 Å². The first-order chi connectivity index (χ1) is 6.04. The first kappa shape index (κ1) is 11.0. The average molecular weight is 184 g/mol. The van der Waals surface area contributed by atoms with Crippen molar-refractivity contribution >= 4 is 0 Å². The van der Waals surface area contributed by atoms with Crippen molar-refractivity contribution in [2.45, 2.75) is 52.6 Å². The molecule has 0 saturated heterocycles. The van der Waals surface area contributed by atoms with E-state index in [0.717, 1.165) is 0 Å². The number of nitrogens with one attached hydrogen (secondary N) is 2. The Balaban J connectivity index is 2.15. The molecule has 1 aliphatic rings. The zero-order valence-corrected chi connectivity index (χ0v) is 9.48. The topological polar surface area (TPSA) is 24.1 Å². The molecule has 1 rings (SSSR count). The maximum atomic E-state index is 3.53. The van der Waals surface area contributed by atoms with Crippen molar-refractivity contribution in [3.63, 3.8) is 0 Å². The standard InChI is InChI=1S/C11H24N2/c1-9(2)12-7-11(5-6-11)8-13-10(3)4/h9-10,12-13H,5-8H2,1-4H3. The van der Waals surface area contributed by atoms with Gasteiger partial charge < -0.3 is 10.6 Å². The number of hydrogen-bond donors (Lipinski definition) is 2. The van der Waals surface area contributed by atoms with E-state index in [0.29, 0.717) is 17.5 Å². The van der Waals surface area contributed by atoms with E-state index in [-0.39, 0.29) is 0 Å². The second-order valence-corrected chi connectivity index (χ2v) is 5.07. The van der Waals surface area contributed by atoms with Crippen LogP contribution < -0.4 is 10.6 Å². The van der Waals surface area contributed by atoms with Crippen molar-refractivity contribution < 1.29 is 0 Å². The van der Waals surface area contributed by atoms with Crippen LogP contribution in [-0.2, 0) is 0 Å². The molecule has 0 radical (unpaired) electrons. The molecule has 0 aliphatic heterocycles. The van der Waals surface area contributed by atoms with Gasteiger partial charge in [0.2, 0.25) is 0 Å². The molecule has 0 amide bonds. The summed E-state index contributed by atoms with van der Waals surface area (Å²) in [5.74, 6) is 0. The monoisotopic (exact) mass is 184 g/mol. The van der Waals surface area contributed by atoms with Crippen molar-refractivity contribution in [3.8, 4) is 0 Å². The molecule has 0 aromatic heterocycles. The summed E-state index contributed by atoms with van der Waals surface area (Å²) in [7, 11) is 0. The molecule has 0 bridgehead atoms. The summed E-state index contributed by atoms with van der Waals surface area (Å²) in [5.41, 5.74) is 0.592. The van der Waals surface area contributed by atoms with Gasteiger partial charge in [-0.2, -0.15) is 0 Å². The van der Waals surface area contributed by atoms with Gasteiger partial charge in [-0.05, 0) is 18.3 Å². The summed E-state index contributed by atoms with van der Waals surface area (Å²) in [4.78, 5) is 0. The second kappa shape index (κ2) is 4.43. The summed E-state index contributed by atoms with van der Waals surface area (Å²) in [6.45, 7) is 11.2. The predicted molar refractivity (Wildman–Crippen MR) is 57.9 cm³/mol. The minimum Gasteiger partial charge on any atom is -0.314 e. The Labute approximate surface area is 82.5 Å². The highest BCUT2D eigenvalue weighted by Gasteiger charge is 2.41. The van der Waals surface area contributed by atoms with E-state index in [9.17, 15) is 0 Å². The Bertz CT molecular complexity index is 134. The van der Waals surface area contributed by atoms with Crippen molar-refractivity contribution in [1.29, 1.82) is 0 Å². The fourth-order valence-electron chi connectivity index (χ4n) is 1.43.